The molecule has 1 aromatic carbocycles. The molecule has 0 radical (unpaired) electrons. The van der Waals surface area contributed by atoms with Gasteiger partial charge in [-0.1, -0.05) is 23.5 Å². The number of nitrogens with one attached hydrogen (secondary N) is 1. The first-order valence-electron chi connectivity index (χ1n) is 5.66. The number of nitrogens with zero attached hydrogens (tertiary/aromatic N) is 2. The van der Waals surface area contributed by atoms with Crippen molar-refractivity contribution in [2.45, 2.75) is 19.4 Å². The minimum atomic E-state index is -0.815. The van der Waals surface area contributed by atoms with Crippen molar-refractivity contribution in [2.75, 3.05) is 6.54 Å². The van der Waals surface area contributed by atoms with Crippen LogP contribution in [0.1, 0.15) is 23.4 Å². The molecule has 0 aliphatic carbocycles. The van der Waals surface area contributed by atoms with Crippen molar-refractivity contribution in [3.63, 3.8) is 0 Å². The van der Waals surface area contributed by atoms with Crippen molar-refractivity contribution in [3.8, 4) is 0 Å². The van der Waals surface area contributed by atoms with E-state index < -0.39 is 11.6 Å². The molecule has 0 amide bonds. The average Bonchev–Trinajstić information content (AvgIpc) is 2.88. The van der Waals surface area contributed by atoms with Gasteiger partial charge in [-0.25, -0.2) is 8.78 Å². The summed E-state index contributed by atoms with van der Waals surface area (Å²) in [4.78, 5) is 0.917. The molecule has 0 bridgehead atoms. The third kappa shape index (κ3) is 2.88. The van der Waals surface area contributed by atoms with E-state index in [9.17, 15) is 8.78 Å². The smallest absolute Gasteiger partial charge is 0.162 e. The molecule has 0 aliphatic heterocycles. The van der Waals surface area contributed by atoms with Crippen LogP contribution in [0, 0.1) is 11.6 Å². The van der Waals surface area contributed by atoms with E-state index in [0.717, 1.165) is 17.5 Å². The van der Waals surface area contributed by atoms with Crippen molar-refractivity contribution in [1.82, 2.24) is 14.9 Å². The maximum atomic E-state index is 13.6. The highest BCUT2D eigenvalue weighted by Gasteiger charge is 2.17. The molecule has 0 saturated heterocycles. The van der Waals surface area contributed by atoms with E-state index in [1.165, 1.54) is 17.6 Å². The summed E-state index contributed by atoms with van der Waals surface area (Å²) in [6.45, 7) is 2.70. The largest absolute Gasteiger partial charge is 0.309 e. The second-order valence-electron chi connectivity index (χ2n) is 3.85. The molecule has 18 heavy (non-hydrogen) atoms. The van der Waals surface area contributed by atoms with Crippen LogP contribution >= 0.6 is 11.5 Å². The lowest BCUT2D eigenvalue weighted by Crippen LogP contribution is -2.22. The van der Waals surface area contributed by atoms with Gasteiger partial charge in [0, 0.05) is 6.04 Å². The molecule has 3 nitrogen and oxygen atoms in total. The Morgan fingerprint density at radius 1 is 1.39 bits per heavy atom. The van der Waals surface area contributed by atoms with Gasteiger partial charge < -0.3 is 5.32 Å². The third-order valence-electron chi connectivity index (χ3n) is 2.63. The SMILES string of the molecule is CCNC(Cc1cccc(F)c1F)c1cnns1. The Balaban J connectivity index is 2.21. The first-order chi connectivity index (χ1) is 8.72. The number of halogens is 2. The van der Waals surface area contributed by atoms with Crippen LogP contribution in [0.2, 0.25) is 0 Å². The maximum absolute atomic E-state index is 13.6. The molecule has 0 aliphatic rings. The molecule has 1 heterocycles. The van der Waals surface area contributed by atoms with Gasteiger partial charge >= 0.3 is 0 Å². The number of benzene rings is 1. The first kappa shape index (κ1) is 13.0. The molecule has 1 unspecified atom stereocenters. The zero-order valence-corrected chi connectivity index (χ0v) is 10.7. The monoisotopic (exact) mass is 269 g/mol. The van der Waals surface area contributed by atoms with E-state index in [0.29, 0.717) is 12.0 Å². The highest BCUT2D eigenvalue weighted by atomic mass is 32.1. The lowest BCUT2D eigenvalue weighted by atomic mass is 10.0. The van der Waals surface area contributed by atoms with Crippen molar-refractivity contribution >= 4 is 11.5 Å². The summed E-state index contributed by atoms with van der Waals surface area (Å²) in [6, 6.07) is 4.14. The number of aromatic nitrogens is 2. The van der Waals surface area contributed by atoms with Crippen molar-refractivity contribution in [2.24, 2.45) is 0 Å². The predicted octanol–water partition coefficient (Wildman–Crippen LogP) is 2.71. The number of hydrogen-bond donors (Lipinski definition) is 1. The van der Waals surface area contributed by atoms with Crippen molar-refractivity contribution in [1.29, 1.82) is 0 Å². The minimum Gasteiger partial charge on any atom is -0.309 e. The molecule has 6 heteroatoms. The van der Waals surface area contributed by atoms with E-state index in [1.54, 1.807) is 12.3 Å². The van der Waals surface area contributed by atoms with Gasteiger partial charge in [0.25, 0.3) is 0 Å². The van der Waals surface area contributed by atoms with Gasteiger partial charge in [-0.3, -0.25) is 0 Å². The van der Waals surface area contributed by atoms with E-state index >= 15 is 0 Å². The van der Waals surface area contributed by atoms with Crippen LogP contribution < -0.4 is 5.32 Å². The number of likely N-dealkylation sites (N-methyl/N-ethyl adjacent to an activating group) is 1. The van der Waals surface area contributed by atoms with Gasteiger partial charge in [-0.15, -0.1) is 5.10 Å². The lowest BCUT2D eigenvalue weighted by Gasteiger charge is -2.16. The molecular formula is C12H13F2N3S. The minimum absolute atomic E-state index is 0.0914. The van der Waals surface area contributed by atoms with Gasteiger partial charge in [0.15, 0.2) is 11.6 Å². The van der Waals surface area contributed by atoms with E-state index in [1.807, 2.05) is 6.92 Å². The number of rotatable bonds is 5. The predicted molar refractivity (Wildman–Crippen MR) is 66.4 cm³/mol. The summed E-state index contributed by atoms with van der Waals surface area (Å²) in [6.07, 6.45) is 2.02. The molecular weight excluding hydrogens is 256 g/mol. The molecule has 0 spiro atoms. The summed E-state index contributed by atoms with van der Waals surface area (Å²) in [5.74, 6) is -1.59. The normalized spacial score (nSPS) is 12.6. The van der Waals surface area contributed by atoms with E-state index in [2.05, 4.69) is 14.9 Å². The van der Waals surface area contributed by atoms with Crippen LogP contribution in [-0.4, -0.2) is 16.1 Å². The van der Waals surface area contributed by atoms with Gasteiger partial charge in [0.05, 0.1) is 11.1 Å². The fraction of sp³-hybridized carbons (Fsp3) is 0.333. The molecule has 1 aromatic heterocycles. The zero-order valence-electron chi connectivity index (χ0n) is 9.86. The Morgan fingerprint density at radius 2 is 2.22 bits per heavy atom. The summed E-state index contributed by atoms with van der Waals surface area (Å²) >= 11 is 1.26. The molecule has 0 saturated carbocycles. The number of hydrogen-bond acceptors (Lipinski definition) is 4. The average molecular weight is 269 g/mol. The Kier molecular flexibility index (Phi) is 4.33. The standard InChI is InChI=1S/C12H13F2N3S/c1-2-15-10(11-7-16-17-18-11)6-8-4-3-5-9(13)12(8)14/h3-5,7,10,15H,2,6H2,1H3. The molecule has 0 fully saturated rings. The van der Waals surface area contributed by atoms with Crippen LogP contribution in [0.4, 0.5) is 8.78 Å². The third-order valence-corrected chi connectivity index (χ3v) is 3.40. The Morgan fingerprint density at radius 3 is 2.89 bits per heavy atom. The van der Waals surface area contributed by atoms with Gasteiger partial charge in [0.2, 0.25) is 0 Å². The zero-order chi connectivity index (χ0) is 13.0. The molecule has 2 rings (SSSR count). The maximum Gasteiger partial charge on any atom is 0.162 e. The molecule has 96 valence electrons. The second-order valence-corrected chi connectivity index (χ2v) is 4.66. The van der Waals surface area contributed by atoms with Gasteiger partial charge in [0.1, 0.15) is 0 Å². The molecule has 1 N–H and O–H groups in total. The summed E-state index contributed by atoms with van der Waals surface area (Å²) < 4.78 is 30.5. The van der Waals surface area contributed by atoms with Crippen LogP contribution in [0.5, 0.6) is 0 Å². The van der Waals surface area contributed by atoms with E-state index in [-0.39, 0.29) is 6.04 Å². The fourth-order valence-electron chi connectivity index (χ4n) is 1.77. The summed E-state index contributed by atoms with van der Waals surface area (Å²) in [5.41, 5.74) is 0.356. The lowest BCUT2D eigenvalue weighted by molar-refractivity contribution is 0.483. The quantitative estimate of drug-likeness (QED) is 0.907. The topological polar surface area (TPSA) is 37.8 Å². The Bertz CT molecular complexity index is 502. The Labute approximate surface area is 108 Å². The Hall–Kier alpha value is -1.40. The highest BCUT2D eigenvalue weighted by molar-refractivity contribution is 7.05. The van der Waals surface area contributed by atoms with E-state index in [4.69, 9.17) is 0 Å². The van der Waals surface area contributed by atoms with Crippen LogP contribution in [0.15, 0.2) is 24.4 Å². The fourth-order valence-corrected chi connectivity index (χ4v) is 2.35. The second kappa shape index (κ2) is 5.97. The summed E-state index contributed by atoms with van der Waals surface area (Å²) in [5, 5.41) is 6.99. The van der Waals surface area contributed by atoms with Crippen LogP contribution in [-0.2, 0) is 6.42 Å². The van der Waals surface area contributed by atoms with Crippen molar-refractivity contribution in [3.05, 3.63) is 46.5 Å². The van der Waals surface area contributed by atoms with Crippen molar-refractivity contribution < 1.29 is 8.78 Å². The van der Waals surface area contributed by atoms with Crippen LogP contribution in [0.3, 0.4) is 0 Å². The summed E-state index contributed by atoms with van der Waals surface area (Å²) in [7, 11) is 0. The first-order valence-corrected chi connectivity index (χ1v) is 6.43. The van der Waals surface area contributed by atoms with Gasteiger partial charge in [-0.2, -0.15) is 0 Å². The highest BCUT2D eigenvalue weighted by Crippen LogP contribution is 2.22. The van der Waals surface area contributed by atoms with Gasteiger partial charge in [-0.05, 0) is 36.1 Å². The molecule has 1 atom stereocenters. The van der Waals surface area contributed by atoms with Crippen LogP contribution in [0.25, 0.3) is 0 Å². The molecule has 2 aromatic rings.